The first-order valence-electron chi connectivity index (χ1n) is 5.77. The summed E-state index contributed by atoms with van der Waals surface area (Å²) in [6, 6.07) is 0. The Morgan fingerprint density at radius 3 is 2.47 bits per heavy atom. The number of hydrogen-bond acceptors (Lipinski definition) is 4. The Hall–Kier alpha value is -0.750. The van der Waals surface area contributed by atoms with Crippen molar-refractivity contribution in [1.82, 2.24) is 5.32 Å². The normalized spacial score (nSPS) is 14.2. The molecule has 0 aromatic heterocycles. The lowest BCUT2D eigenvalue weighted by Gasteiger charge is -2.15. The fourth-order valence-electron chi connectivity index (χ4n) is 1.29. The predicted molar refractivity (Wildman–Crippen MR) is 68.2 cm³/mol. The van der Waals surface area contributed by atoms with E-state index in [9.17, 15) is 9.59 Å². The fourth-order valence-corrected chi connectivity index (χ4v) is 2.10. The van der Waals surface area contributed by atoms with Gasteiger partial charge in [-0.3, -0.25) is 9.59 Å². The van der Waals surface area contributed by atoms with Crippen LogP contribution >= 0.6 is 11.8 Å². The SMILES string of the molecule is CCC(NCCCC(C)C(=O)O)SCC(=O)O. The van der Waals surface area contributed by atoms with E-state index in [1.807, 2.05) is 6.92 Å². The molecule has 17 heavy (non-hydrogen) atoms. The highest BCUT2D eigenvalue weighted by Gasteiger charge is 2.11. The molecule has 0 heterocycles. The maximum absolute atomic E-state index is 10.6. The summed E-state index contributed by atoms with van der Waals surface area (Å²) in [4.78, 5) is 21.0. The van der Waals surface area contributed by atoms with E-state index in [-0.39, 0.29) is 17.0 Å². The van der Waals surface area contributed by atoms with Gasteiger partial charge in [-0.2, -0.15) is 0 Å². The third-order valence-electron chi connectivity index (χ3n) is 2.39. The second-order valence-electron chi connectivity index (χ2n) is 3.94. The maximum Gasteiger partial charge on any atom is 0.313 e. The number of carboxylic acid groups (broad SMARTS) is 2. The van der Waals surface area contributed by atoms with E-state index in [2.05, 4.69) is 5.32 Å². The summed E-state index contributed by atoms with van der Waals surface area (Å²) in [5.41, 5.74) is 0. The van der Waals surface area contributed by atoms with E-state index in [4.69, 9.17) is 10.2 Å². The molecule has 0 rings (SSSR count). The van der Waals surface area contributed by atoms with Crippen molar-refractivity contribution in [3.63, 3.8) is 0 Å². The Bertz CT molecular complexity index is 248. The van der Waals surface area contributed by atoms with Crippen LogP contribution < -0.4 is 5.32 Å². The molecule has 0 bridgehead atoms. The van der Waals surface area contributed by atoms with Crippen molar-refractivity contribution in [2.24, 2.45) is 5.92 Å². The minimum Gasteiger partial charge on any atom is -0.481 e. The van der Waals surface area contributed by atoms with Gasteiger partial charge in [0, 0.05) is 0 Å². The zero-order chi connectivity index (χ0) is 13.3. The standard InChI is InChI=1S/C11H21NO4S/c1-3-9(17-7-10(13)14)12-6-4-5-8(2)11(15)16/h8-9,12H,3-7H2,1-2H3,(H,13,14)(H,15,16). The van der Waals surface area contributed by atoms with E-state index >= 15 is 0 Å². The second kappa shape index (κ2) is 9.30. The van der Waals surface area contributed by atoms with Crippen molar-refractivity contribution < 1.29 is 19.8 Å². The van der Waals surface area contributed by atoms with Crippen LogP contribution in [-0.2, 0) is 9.59 Å². The van der Waals surface area contributed by atoms with Gasteiger partial charge in [0.15, 0.2) is 0 Å². The minimum atomic E-state index is -0.810. The number of aliphatic carboxylic acids is 2. The molecule has 0 saturated heterocycles. The van der Waals surface area contributed by atoms with Crippen molar-refractivity contribution >= 4 is 23.7 Å². The molecule has 0 aliphatic rings. The Kier molecular flexibility index (Phi) is 8.89. The van der Waals surface area contributed by atoms with Crippen LogP contribution in [0, 0.1) is 5.92 Å². The van der Waals surface area contributed by atoms with Crippen molar-refractivity contribution in [1.29, 1.82) is 0 Å². The molecule has 0 radical (unpaired) electrons. The van der Waals surface area contributed by atoms with Crippen LogP contribution in [0.2, 0.25) is 0 Å². The second-order valence-corrected chi connectivity index (χ2v) is 5.13. The molecule has 0 saturated carbocycles. The van der Waals surface area contributed by atoms with Gasteiger partial charge in [0.1, 0.15) is 0 Å². The van der Waals surface area contributed by atoms with Crippen molar-refractivity contribution in [2.45, 2.75) is 38.5 Å². The number of nitrogens with one attached hydrogen (secondary N) is 1. The van der Waals surface area contributed by atoms with E-state index < -0.39 is 11.9 Å². The van der Waals surface area contributed by atoms with Crippen LogP contribution in [0.4, 0.5) is 0 Å². The Labute approximate surface area is 106 Å². The van der Waals surface area contributed by atoms with Crippen molar-refractivity contribution in [2.75, 3.05) is 12.3 Å². The molecule has 0 aliphatic heterocycles. The van der Waals surface area contributed by atoms with Crippen LogP contribution in [0.1, 0.15) is 33.1 Å². The first-order chi connectivity index (χ1) is 7.97. The highest BCUT2D eigenvalue weighted by Crippen LogP contribution is 2.12. The molecule has 0 aromatic carbocycles. The van der Waals surface area contributed by atoms with Crippen molar-refractivity contribution in [3.8, 4) is 0 Å². The lowest BCUT2D eigenvalue weighted by Crippen LogP contribution is -2.28. The lowest BCUT2D eigenvalue weighted by molar-refractivity contribution is -0.141. The van der Waals surface area contributed by atoms with Crippen LogP contribution in [0.25, 0.3) is 0 Å². The van der Waals surface area contributed by atoms with Gasteiger partial charge in [0.25, 0.3) is 0 Å². The molecular weight excluding hydrogens is 242 g/mol. The smallest absolute Gasteiger partial charge is 0.313 e. The van der Waals surface area contributed by atoms with Crippen LogP contribution in [-0.4, -0.2) is 39.8 Å². The van der Waals surface area contributed by atoms with Gasteiger partial charge in [0.2, 0.25) is 0 Å². The summed E-state index contributed by atoms with van der Waals surface area (Å²) in [5, 5.41) is 20.6. The van der Waals surface area contributed by atoms with Crippen LogP contribution in [0.3, 0.4) is 0 Å². The van der Waals surface area contributed by atoms with E-state index in [1.54, 1.807) is 6.92 Å². The van der Waals surface area contributed by atoms with Gasteiger partial charge in [-0.1, -0.05) is 13.8 Å². The molecule has 0 aliphatic carbocycles. The van der Waals surface area contributed by atoms with Gasteiger partial charge in [-0.15, -0.1) is 11.8 Å². The quantitative estimate of drug-likeness (QED) is 0.410. The molecule has 100 valence electrons. The Morgan fingerprint density at radius 1 is 1.35 bits per heavy atom. The summed E-state index contributed by atoms with van der Waals surface area (Å²) < 4.78 is 0. The summed E-state index contributed by atoms with van der Waals surface area (Å²) in [6.07, 6.45) is 2.28. The molecule has 0 aromatic rings. The molecule has 2 atom stereocenters. The monoisotopic (exact) mass is 263 g/mol. The highest BCUT2D eigenvalue weighted by atomic mass is 32.2. The average Bonchev–Trinajstić information content (AvgIpc) is 2.27. The average molecular weight is 263 g/mol. The molecule has 0 spiro atoms. The van der Waals surface area contributed by atoms with Gasteiger partial charge in [0.05, 0.1) is 17.0 Å². The highest BCUT2D eigenvalue weighted by molar-refractivity contribution is 8.00. The fraction of sp³-hybridized carbons (Fsp3) is 0.818. The number of hydrogen-bond donors (Lipinski definition) is 3. The first kappa shape index (κ1) is 16.2. The van der Waals surface area contributed by atoms with Gasteiger partial charge < -0.3 is 15.5 Å². The lowest BCUT2D eigenvalue weighted by atomic mass is 10.1. The largest absolute Gasteiger partial charge is 0.481 e. The number of rotatable bonds is 10. The zero-order valence-electron chi connectivity index (χ0n) is 10.3. The molecule has 3 N–H and O–H groups in total. The number of thioether (sulfide) groups is 1. The predicted octanol–water partition coefficient (Wildman–Crippen LogP) is 1.63. The first-order valence-corrected chi connectivity index (χ1v) is 6.81. The summed E-state index contributed by atoms with van der Waals surface area (Å²) in [5.74, 6) is -1.80. The summed E-state index contributed by atoms with van der Waals surface area (Å²) in [6.45, 7) is 4.41. The number of carboxylic acids is 2. The van der Waals surface area contributed by atoms with Gasteiger partial charge >= 0.3 is 11.9 Å². The molecule has 6 heteroatoms. The minimum absolute atomic E-state index is 0.0943. The summed E-state index contributed by atoms with van der Waals surface area (Å²) >= 11 is 1.37. The summed E-state index contributed by atoms with van der Waals surface area (Å²) in [7, 11) is 0. The van der Waals surface area contributed by atoms with E-state index in [1.165, 1.54) is 11.8 Å². The third kappa shape index (κ3) is 9.00. The zero-order valence-corrected chi connectivity index (χ0v) is 11.1. The van der Waals surface area contributed by atoms with E-state index in [0.29, 0.717) is 6.42 Å². The molecule has 5 nitrogen and oxygen atoms in total. The topological polar surface area (TPSA) is 86.6 Å². The van der Waals surface area contributed by atoms with Crippen LogP contribution in [0.5, 0.6) is 0 Å². The van der Waals surface area contributed by atoms with Gasteiger partial charge in [-0.05, 0) is 25.8 Å². The van der Waals surface area contributed by atoms with E-state index in [0.717, 1.165) is 19.4 Å². The molecular formula is C11H21NO4S. The Morgan fingerprint density at radius 2 is 2.00 bits per heavy atom. The molecule has 0 amide bonds. The maximum atomic E-state index is 10.6. The Balaban J connectivity index is 3.62. The molecule has 0 fully saturated rings. The molecule has 2 unspecified atom stereocenters. The van der Waals surface area contributed by atoms with Gasteiger partial charge in [-0.25, -0.2) is 0 Å². The third-order valence-corrected chi connectivity index (χ3v) is 3.70. The van der Waals surface area contributed by atoms with Crippen LogP contribution in [0.15, 0.2) is 0 Å². The van der Waals surface area contributed by atoms with Crippen molar-refractivity contribution in [3.05, 3.63) is 0 Å². The number of carbonyl (C=O) groups is 2.